The molecule has 0 radical (unpaired) electrons. The first-order chi connectivity index (χ1) is 7.16. The molecule has 0 fully saturated rings. The number of ether oxygens (including phenoxy) is 1. The molecule has 1 heterocycles. The second kappa shape index (κ2) is 4.09. The summed E-state index contributed by atoms with van der Waals surface area (Å²) in [5, 5.41) is 3.20. The zero-order chi connectivity index (χ0) is 10.8. The van der Waals surface area contributed by atoms with Crippen LogP contribution in [0.3, 0.4) is 0 Å². The van der Waals surface area contributed by atoms with Crippen molar-refractivity contribution >= 4 is 5.69 Å². The summed E-state index contributed by atoms with van der Waals surface area (Å²) in [5.74, 6) is 0.186. The molecule has 2 rings (SSSR count). The van der Waals surface area contributed by atoms with Gasteiger partial charge >= 0.3 is 0 Å². The van der Waals surface area contributed by atoms with E-state index in [2.05, 4.69) is 5.32 Å². The summed E-state index contributed by atoms with van der Waals surface area (Å²) in [7, 11) is 0. The van der Waals surface area contributed by atoms with Gasteiger partial charge in [-0.15, -0.1) is 0 Å². The second-order valence-electron chi connectivity index (χ2n) is 4.20. The molecule has 1 aliphatic heterocycles. The van der Waals surface area contributed by atoms with Crippen LogP contribution in [0.25, 0.3) is 0 Å². The Hall–Kier alpha value is -1.25. The molecule has 0 saturated carbocycles. The maximum atomic E-state index is 13.6. The predicted octanol–water partition coefficient (Wildman–Crippen LogP) is 2.97. The Morgan fingerprint density at radius 1 is 1.40 bits per heavy atom. The summed E-state index contributed by atoms with van der Waals surface area (Å²) in [4.78, 5) is 0. The van der Waals surface area contributed by atoms with Gasteiger partial charge in [0.05, 0.1) is 6.61 Å². The van der Waals surface area contributed by atoms with Gasteiger partial charge in [0.25, 0.3) is 0 Å². The van der Waals surface area contributed by atoms with Crippen molar-refractivity contribution < 1.29 is 9.13 Å². The van der Waals surface area contributed by atoms with E-state index in [0.717, 1.165) is 24.1 Å². The summed E-state index contributed by atoms with van der Waals surface area (Å²) in [6.45, 7) is 4.70. The van der Waals surface area contributed by atoms with Crippen molar-refractivity contribution in [1.29, 1.82) is 0 Å². The molecule has 3 heteroatoms. The van der Waals surface area contributed by atoms with Gasteiger partial charge in [-0.3, -0.25) is 0 Å². The SMILES string of the molecule is CC(C)Nc1cc(F)c2c(c1)CCCO2. The third kappa shape index (κ3) is 2.22. The van der Waals surface area contributed by atoms with Crippen LogP contribution < -0.4 is 10.1 Å². The Labute approximate surface area is 89.4 Å². The van der Waals surface area contributed by atoms with E-state index in [1.165, 1.54) is 6.07 Å². The third-order valence-corrected chi connectivity index (χ3v) is 2.41. The topological polar surface area (TPSA) is 21.3 Å². The summed E-state index contributed by atoms with van der Waals surface area (Å²) in [6.07, 6.45) is 1.87. The molecule has 2 nitrogen and oxygen atoms in total. The molecule has 0 saturated heterocycles. The molecule has 1 aliphatic rings. The molecule has 1 N–H and O–H groups in total. The van der Waals surface area contributed by atoms with Gasteiger partial charge in [-0.1, -0.05) is 0 Å². The van der Waals surface area contributed by atoms with E-state index in [1.54, 1.807) is 0 Å². The fourth-order valence-electron chi connectivity index (χ4n) is 1.85. The lowest BCUT2D eigenvalue weighted by atomic mass is 10.0. The minimum Gasteiger partial charge on any atom is -0.490 e. The Morgan fingerprint density at radius 3 is 2.93 bits per heavy atom. The highest BCUT2D eigenvalue weighted by Crippen LogP contribution is 2.31. The van der Waals surface area contributed by atoms with Crippen molar-refractivity contribution in [3.05, 3.63) is 23.5 Å². The first-order valence-electron chi connectivity index (χ1n) is 5.38. The van der Waals surface area contributed by atoms with Gasteiger partial charge in [-0.25, -0.2) is 4.39 Å². The molecule has 1 aromatic rings. The van der Waals surface area contributed by atoms with Gasteiger partial charge in [0.15, 0.2) is 11.6 Å². The highest BCUT2D eigenvalue weighted by molar-refractivity contribution is 5.53. The van der Waals surface area contributed by atoms with Crippen molar-refractivity contribution in [1.82, 2.24) is 0 Å². The number of halogens is 1. The maximum Gasteiger partial charge on any atom is 0.167 e. The molecule has 0 spiro atoms. The number of hydrogen-bond acceptors (Lipinski definition) is 2. The number of hydrogen-bond donors (Lipinski definition) is 1. The monoisotopic (exact) mass is 209 g/mol. The average Bonchev–Trinajstić information content (AvgIpc) is 2.16. The van der Waals surface area contributed by atoms with Gasteiger partial charge in [0.1, 0.15) is 0 Å². The number of aryl methyl sites for hydroxylation is 1. The van der Waals surface area contributed by atoms with Crippen LogP contribution in [0.5, 0.6) is 5.75 Å². The van der Waals surface area contributed by atoms with E-state index in [1.807, 2.05) is 19.9 Å². The van der Waals surface area contributed by atoms with Crippen LogP contribution in [0.2, 0.25) is 0 Å². The van der Waals surface area contributed by atoms with Crippen LogP contribution in [-0.2, 0) is 6.42 Å². The molecule has 0 atom stereocenters. The highest BCUT2D eigenvalue weighted by atomic mass is 19.1. The number of rotatable bonds is 2. The summed E-state index contributed by atoms with van der Waals surface area (Å²) in [5.41, 5.74) is 1.82. The highest BCUT2D eigenvalue weighted by Gasteiger charge is 2.16. The minimum absolute atomic E-state index is 0.254. The van der Waals surface area contributed by atoms with Crippen LogP contribution in [0.1, 0.15) is 25.8 Å². The molecule has 1 aromatic carbocycles. The summed E-state index contributed by atoms with van der Waals surface area (Å²) < 4.78 is 18.9. The van der Waals surface area contributed by atoms with Gasteiger partial charge in [-0.2, -0.15) is 0 Å². The minimum atomic E-state index is -0.254. The summed E-state index contributed by atoms with van der Waals surface area (Å²) >= 11 is 0. The van der Waals surface area contributed by atoms with E-state index in [4.69, 9.17) is 4.74 Å². The van der Waals surface area contributed by atoms with Crippen molar-refractivity contribution in [2.45, 2.75) is 32.7 Å². The van der Waals surface area contributed by atoms with Crippen LogP contribution in [-0.4, -0.2) is 12.6 Å². The average molecular weight is 209 g/mol. The van der Waals surface area contributed by atoms with Crippen molar-refractivity contribution in [3.8, 4) is 5.75 Å². The van der Waals surface area contributed by atoms with E-state index in [-0.39, 0.29) is 5.82 Å². The van der Waals surface area contributed by atoms with Gasteiger partial charge in [0.2, 0.25) is 0 Å². The van der Waals surface area contributed by atoms with Crippen molar-refractivity contribution in [2.75, 3.05) is 11.9 Å². The zero-order valence-corrected chi connectivity index (χ0v) is 9.14. The van der Waals surface area contributed by atoms with Crippen LogP contribution >= 0.6 is 0 Å². The van der Waals surface area contributed by atoms with Crippen LogP contribution in [0.4, 0.5) is 10.1 Å². The largest absolute Gasteiger partial charge is 0.490 e. The van der Waals surface area contributed by atoms with E-state index < -0.39 is 0 Å². The predicted molar refractivity (Wildman–Crippen MR) is 59.0 cm³/mol. The Kier molecular flexibility index (Phi) is 2.80. The first-order valence-corrected chi connectivity index (χ1v) is 5.38. The Bertz CT molecular complexity index is 363. The molecule has 0 aromatic heterocycles. The normalized spacial score (nSPS) is 14.7. The van der Waals surface area contributed by atoms with Crippen molar-refractivity contribution in [2.24, 2.45) is 0 Å². The third-order valence-electron chi connectivity index (χ3n) is 2.41. The quantitative estimate of drug-likeness (QED) is 0.808. The molecular formula is C12H16FNO. The summed E-state index contributed by atoms with van der Waals surface area (Å²) in [6, 6.07) is 3.80. The maximum absolute atomic E-state index is 13.6. The Balaban J connectivity index is 2.32. The Morgan fingerprint density at radius 2 is 2.20 bits per heavy atom. The number of anilines is 1. The number of nitrogens with one attached hydrogen (secondary N) is 1. The van der Waals surface area contributed by atoms with Crippen LogP contribution in [0.15, 0.2) is 12.1 Å². The lowest BCUT2D eigenvalue weighted by molar-refractivity contribution is 0.273. The van der Waals surface area contributed by atoms with E-state index in [0.29, 0.717) is 18.4 Å². The second-order valence-corrected chi connectivity index (χ2v) is 4.20. The molecule has 0 bridgehead atoms. The molecule has 82 valence electrons. The zero-order valence-electron chi connectivity index (χ0n) is 9.14. The number of fused-ring (bicyclic) bond motifs is 1. The lowest BCUT2D eigenvalue weighted by Gasteiger charge is -2.20. The van der Waals surface area contributed by atoms with Gasteiger partial charge in [0, 0.05) is 17.8 Å². The first kappa shape index (κ1) is 10.3. The number of benzene rings is 1. The molecule has 0 unspecified atom stereocenters. The standard InChI is InChI=1S/C12H16FNO/c1-8(2)14-10-6-9-4-3-5-15-12(9)11(13)7-10/h6-8,14H,3-5H2,1-2H3. The fraction of sp³-hybridized carbons (Fsp3) is 0.500. The molecular weight excluding hydrogens is 193 g/mol. The molecule has 15 heavy (non-hydrogen) atoms. The van der Waals surface area contributed by atoms with Crippen molar-refractivity contribution in [3.63, 3.8) is 0 Å². The lowest BCUT2D eigenvalue weighted by Crippen LogP contribution is -2.13. The van der Waals surface area contributed by atoms with Crippen LogP contribution in [0, 0.1) is 5.82 Å². The van der Waals surface area contributed by atoms with Gasteiger partial charge < -0.3 is 10.1 Å². The van der Waals surface area contributed by atoms with E-state index >= 15 is 0 Å². The molecule has 0 aliphatic carbocycles. The molecule has 0 amide bonds. The fourth-order valence-corrected chi connectivity index (χ4v) is 1.85. The smallest absolute Gasteiger partial charge is 0.167 e. The van der Waals surface area contributed by atoms with E-state index in [9.17, 15) is 4.39 Å². The van der Waals surface area contributed by atoms with Gasteiger partial charge in [-0.05, 0) is 38.3 Å².